The van der Waals surface area contributed by atoms with Gasteiger partial charge < -0.3 is 4.98 Å². The first-order chi connectivity index (χ1) is 6.20. The van der Waals surface area contributed by atoms with E-state index in [2.05, 4.69) is 15.0 Å². The number of rotatable bonds is 1. The fourth-order valence-electron chi connectivity index (χ4n) is 0.925. The molecule has 2 N–H and O–H groups in total. The number of fused-ring (bicyclic) bond motifs is 1. The van der Waals surface area contributed by atoms with Gasteiger partial charge in [0.25, 0.3) is 5.56 Å². The number of nitrogens with zero attached hydrogens (tertiary/aromatic N) is 1. The van der Waals surface area contributed by atoms with Gasteiger partial charge in [0.2, 0.25) is 0 Å². The minimum atomic E-state index is -0.170. The molecule has 0 amide bonds. The summed E-state index contributed by atoms with van der Waals surface area (Å²) in [7, 11) is 0. The fraction of sp³-hybridized carbons (Fsp3) is 0.167. The molecule has 0 atom stereocenters. The molecule has 0 radical (unpaired) electrons. The molecular weight excluding hydrogens is 226 g/mol. The number of aromatic amines is 2. The van der Waals surface area contributed by atoms with Gasteiger partial charge >= 0.3 is 0 Å². The van der Waals surface area contributed by atoms with Crippen molar-refractivity contribution in [3.8, 4) is 0 Å². The molecule has 0 bridgehead atoms. The molecule has 2 aromatic heterocycles. The van der Waals surface area contributed by atoms with E-state index in [4.69, 9.17) is 12.2 Å². The molecule has 0 fully saturated rings. The van der Waals surface area contributed by atoms with E-state index in [1.165, 1.54) is 23.1 Å². The molecule has 0 spiro atoms. The first-order valence-electron chi connectivity index (χ1n) is 3.38. The van der Waals surface area contributed by atoms with Crippen LogP contribution in [0.2, 0.25) is 0 Å². The van der Waals surface area contributed by atoms with Crippen LogP contribution in [0, 0.1) is 4.77 Å². The van der Waals surface area contributed by atoms with E-state index in [-0.39, 0.29) is 5.56 Å². The quantitative estimate of drug-likeness (QED) is 0.580. The third kappa shape index (κ3) is 1.54. The molecule has 0 aliphatic heterocycles. The maximum Gasteiger partial charge on any atom is 0.271 e. The van der Waals surface area contributed by atoms with Crippen LogP contribution >= 0.6 is 35.3 Å². The first-order valence-corrected chi connectivity index (χ1v) is 5.83. The van der Waals surface area contributed by atoms with E-state index >= 15 is 0 Å². The smallest absolute Gasteiger partial charge is 0.271 e. The predicted octanol–water partition coefficient (Wildman–Crippen LogP) is 1.76. The number of thiazole rings is 1. The first kappa shape index (κ1) is 8.92. The van der Waals surface area contributed by atoms with Gasteiger partial charge in [0, 0.05) is 0 Å². The summed E-state index contributed by atoms with van der Waals surface area (Å²) in [5.41, 5.74) is 0.402. The molecular formula is C6H5N3OS3. The molecule has 68 valence electrons. The molecule has 13 heavy (non-hydrogen) atoms. The van der Waals surface area contributed by atoms with Crippen LogP contribution in [0.4, 0.5) is 0 Å². The fourth-order valence-corrected chi connectivity index (χ4v) is 2.53. The SMILES string of the molecule is CSc1nc2[nH]c(=S)[nH]c(=O)c2s1. The minimum Gasteiger partial charge on any atom is -0.316 e. The molecule has 2 aromatic rings. The van der Waals surface area contributed by atoms with E-state index in [1.54, 1.807) is 0 Å². The molecule has 0 aliphatic carbocycles. The molecule has 4 nitrogen and oxygen atoms in total. The number of H-pyrrole nitrogens is 2. The van der Waals surface area contributed by atoms with E-state index in [1.807, 2.05) is 6.26 Å². The zero-order chi connectivity index (χ0) is 9.42. The summed E-state index contributed by atoms with van der Waals surface area (Å²) in [6, 6.07) is 0. The van der Waals surface area contributed by atoms with Crippen LogP contribution in [0.1, 0.15) is 0 Å². The summed E-state index contributed by atoms with van der Waals surface area (Å²) in [6.07, 6.45) is 1.92. The van der Waals surface area contributed by atoms with Crippen molar-refractivity contribution in [2.24, 2.45) is 0 Å². The Morgan fingerprint density at radius 3 is 3.00 bits per heavy atom. The zero-order valence-corrected chi connectivity index (χ0v) is 9.03. The Hall–Kier alpha value is -0.660. The van der Waals surface area contributed by atoms with E-state index in [0.29, 0.717) is 15.1 Å². The van der Waals surface area contributed by atoms with Gasteiger partial charge in [0.05, 0.1) is 0 Å². The molecule has 0 aromatic carbocycles. The lowest BCUT2D eigenvalue weighted by molar-refractivity contribution is 1.11. The van der Waals surface area contributed by atoms with Gasteiger partial charge in [-0.05, 0) is 18.5 Å². The van der Waals surface area contributed by atoms with Crippen molar-refractivity contribution in [2.45, 2.75) is 4.34 Å². The Morgan fingerprint density at radius 1 is 1.54 bits per heavy atom. The van der Waals surface area contributed by atoms with Crippen LogP contribution < -0.4 is 5.56 Å². The van der Waals surface area contributed by atoms with Crippen molar-refractivity contribution in [3.63, 3.8) is 0 Å². The highest BCUT2D eigenvalue weighted by molar-refractivity contribution is 8.00. The van der Waals surface area contributed by atoms with Gasteiger partial charge in [0.1, 0.15) is 4.70 Å². The maximum absolute atomic E-state index is 11.3. The second-order valence-electron chi connectivity index (χ2n) is 2.27. The van der Waals surface area contributed by atoms with Gasteiger partial charge in [-0.3, -0.25) is 9.78 Å². The van der Waals surface area contributed by atoms with E-state index < -0.39 is 0 Å². The van der Waals surface area contributed by atoms with Crippen molar-refractivity contribution in [1.29, 1.82) is 0 Å². The van der Waals surface area contributed by atoms with Crippen molar-refractivity contribution in [2.75, 3.05) is 6.26 Å². The standard InChI is InChI=1S/C6H5N3OS3/c1-12-6-8-3-2(13-6)4(10)9-5(11)7-3/h1H3,(H2,7,9,10,11). The lowest BCUT2D eigenvalue weighted by Crippen LogP contribution is -2.05. The monoisotopic (exact) mass is 231 g/mol. The second-order valence-corrected chi connectivity index (χ2v) is 4.73. The Balaban J connectivity index is 2.91. The Morgan fingerprint density at radius 2 is 2.31 bits per heavy atom. The topological polar surface area (TPSA) is 61.5 Å². The largest absolute Gasteiger partial charge is 0.316 e. The maximum atomic E-state index is 11.3. The third-order valence-electron chi connectivity index (χ3n) is 1.45. The van der Waals surface area contributed by atoms with Gasteiger partial charge in [-0.15, -0.1) is 11.3 Å². The predicted molar refractivity (Wildman–Crippen MR) is 57.2 cm³/mol. The van der Waals surface area contributed by atoms with Crippen LogP contribution in [0.5, 0.6) is 0 Å². The van der Waals surface area contributed by atoms with Crippen molar-refractivity contribution in [3.05, 3.63) is 15.1 Å². The number of thioether (sulfide) groups is 1. The lowest BCUT2D eigenvalue weighted by Gasteiger charge is -1.85. The van der Waals surface area contributed by atoms with Crippen LogP contribution in [0.3, 0.4) is 0 Å². The van der Waals surface area contributed by atoms with Gasteiger partial charge in [-0.25, -0.2) is 4.98 Å². The molecule has 2 heterocycles. The lowest BCUT2D eigenvalue weighted by atomic mass is 10.6. The van der Waals surface area contributed by atoms with Gasteiger partial charge in [0.15, 0.2) is 14.8 Å². The Bertz CT molecular complexity index is 552. The van der Waals surface area contributed by atoms with Crippen LogP contribution in [0.15, 0.2) is 9.13 Å². The minimum absolute atomic E-state index is 0.170. The molecule has 0 saturated heterocycles. The summed E-state index contributed by atoms with van der Waals surface area (Å²) in [5, 5.41) is 0. The van der Waals surface area contributed by atoms with Crippen molar-refractivity contribution >= 4 is 45.7 Å². The Kier molecular flexibility index (Phi) is 2.22. The molecule has 0 aliphatic rings. The number of aromatic nitrogens is 3. The second kappa shape index (κ2) is 3.24. The number of nitrogens with one attached hydrogen (secondary N) is 2. The highest BCUT2D eigenvalue weighted by Crippen LogP contribution is 2.23. The Labute approximate surface area is 86.4 Å². The van der Waals surface area contributed by atoms with Gasteiger partial charge in [-0.2, -0.15) is 0 Å². The molecule has 2 rings (SSSR count). The average Bonchev–Trinajstić information content (AvgIpc) is 2.47. The van der Waals surface area contributed by atoms with Crippen LogP contribution in [-0.4, -0.2) is 21.2 Å². The highest BCUT2D eigenvalue weighted by atomic mass is 32.2. The summed E-state index contributed by atoms with van der Waals surface area (Å²) in [5.74, 6) is 0. The van der Waals surface area contributed by atoms with Gasteiger partial charge in [-0.1, -0.05) is 11.8 Å². The molecule has 7 heteroatoms. The summed E-state index contributed by atoms with van der Waals surface area (Å²) >= 11 is 7.69. The van der Waals surface area contributed by atoms with Crippen LogP contribution in [-0.2, 0) is 0 Å². The van der Waals surface area contributed by atoms with E-state index in [0.717, 1.165) is 4.34 Å². The molecule has 0 saturated carbocycles. The average molecular weight is 231 g/mol. The van der Waals surface area contributed by atoms with Crippen molar-refractivity contribution in [1.82, 2.24) is 15.0 Å². The summed E-state index contributed by atoms with van der Waals surface area (Å²) in [6.45, 7) is 0. The normalized spacial score (nSPS) is 10.8. The highest BCUT2D eigenvalue weighted by Gasteiger charge is 2.06. The third-order valence-corrected chi connectivity index (χ3v) is 3.69. The summed E-state index contributed by atoms with van der Waals surface area (Å²) < 4.78 is 1.77. The zero-order valence-electron chi connectivity index (χ0n) is 6.58. The molecule has 0 unspecified atom stereocenters. The van der Waals surface area contributed by atoms with E-state index in [9.17, 15) is 4.79 Å². The number of hydrogen-bond donors (Lipinski definition) is 2. The van der Waals surface area contributed by atoms with Crippen molar-refractivity contribution < 1.29 is 0 Å². The van der Waals surface area contributed by atoms with Crippen LogP contribution in [0.25, 0.3) is 10.3 Å². The summed E-state index contributed by atoms with van der Waals surface area (Å²) in [4.78, 5) is 20.9. The number of hydrogen-bond acceptors (Lipinski definition) is 5.